The van der Waals surface area contributed by atoms with Gasteiger partial charge in [0, 0.05) is 6.42 Å². The molecule has 0 saturated heterocycles. The van der Waals surface area contributed by atoms with Crippen molar-refractivity contribution in [3.05, 3.63) is 23.5 Å². The minimum Gasteiger partial charge on any atom is -0.487 e. The standard InChI is InChI=1S/C15H24O2/c1-11(16)10-12-6-7-13-14(2,3)8-5-9-15(13,4)17-12/h6-7,11,16H,5,8-10H2,1-4H3/t11?,15-/m0/s1. The van der Waals surface area contributed by atoms with E-state index in [4.69, 9.17) is 4.74 Å². The van der Waals surface area contributed by atoms with E-state index in [-0.39, 0.29) is 17.1 Å². The van der Waals surface area contributed by atoms with Gasteiger partial charge in [0.15, 0.2) is 0 Å². The molecule has 2 aliphatic rings. The first kappa shape index (κ1) is 12.7. The van der Waals surface area contributed by atoms with Crippen molar-refractivity contribution in [2.24, 2.45) is 5.41 Å². The van der Waals surface area contributed by atoms with Crippen LogP contribution in [0.2, 0.25) is 0 Å². The minimum absolute atomic E-state index is 0.152. The first-order valence-electron chi connectivity index (χ1n) is 6.62. The summed E-state index contributed by atoms with van der Waals surface area (Å²) in [5, 5.41) is 9.45. The maximum atomic E-state index is 9.45. The highest BCUT2D eigenvalue weighted by Gasteiger charge is 2.44. The van der Waals surface area contributed by atoms with Crippen LogP contribution < -0.4 is 0 Å². The summed E-state index contributed by atoms with van der Waals surface area (Å²) in [6.07, 6.45) is 8.06. The molecule has 0 spiro atoms. The number of allylic oxidation sites excluding steroid dienone is 2. The molecular formula is C15H24O2. The minimum atomic E-state index is -0.337. The van der Waals surface area contributed by atoms with Gasteiger partial charge in [-0.2, -0.15) is 0 Å². The van der Waals surface area contributed by atoms with E-state index in [1.165, 1.54) is 18.4 Å². The number of rotatable bonds is 2. The summed E-state index contributed by atoms with van der Waals surface area (Å²) in [6.45, 7) is 8.59. The molecule has 2 atom stereocenters. The molecule has 1 fully saturated rings. The molecule has 0 aromatic rings. The third-order valence-corrected chi connectivity index (χ3v) is 4.04. The number of hydrogen-bond acceptors (Lipinski definition) is 2. The van der Waals surface area contributed by atoms with Crippen LogP contribution in [0.5, 0.6) is 0 Å². The van der Waals surface area contributed by atoms with Gasteiger partial charge in [0.1, 0.15) is 5.60 Å². The van der Waals surface area contributed by atoms with Crippen LogP contribution in [-0.2, 0) is 4.74 Å². The lowest BCUT2D eigenvalue weighted by Gasteiger charge is -2.47. The van der Waals surface area contributed by atoms with Gasteiger partial charge in [-0.05, 0) is 50.2 Å². The zero-order valence-corrected chi connectivity index (χ0v) is 11.4. The van der Waals surface area contributed by atoms with Crippen LogP contribution in [0.1, 0.15) is 53.4 Å². The molecule has 1 N–H and O–H groups in total. The van der Waals surface area contributed by atoms with E-state index >= 15 is 0 Å². The van der Waals surface area contributed by atoms with Crippen molar-refractivity contribution >= 4 is 0 Å². The van der Waals surface area contributed by atoms with Crippen molar-refractivity contribution in [3.8, 4) is 0 Å². The Kier molecular flexibility index (Phi) is 3.11. The quantitative estimate of drug-likeness (QED) is 0.794. The topological polar surface area (TPSA) is 29.5 Å². The molecule has 2 heteroatoms. The van der Waals surface area contributed by atoms with Crippen LogP contribution in [0.3, 0.4) is 0 Å². The Morgan fingerprint density at radius 1 is 1.29 bits per heavy atom. The van der Waals surface area contributed by atoms with Crippen molar-refractivity contribution in [1.29, 1.82) is 0 Å². The maximum Gasteiger partial charge on any atom is 0.128 e. The summed E-state index contributed by atoms with van der Waals surface area (Å²) in [5.74, 6) is 0.920. The van der Waals surface area contributed by atoms with Crippen molar-refractivity contribution in [3.63, 3.8) is 0 Å². The first-order valence-corrected chi connectivity index (χ1v) is 6.62. The summed E-state index contributed by atoms with van der Waals surface area (Å²) in [5.41, 5.74) is 1.49. The molecule has 2 nitrogen and oxygen atoms in total. The third kappa shape index (κ3) is 2.42. The molecule has 1 aliphatic heterocycles. The summed E-state index contributed by atoms with van der Waals surface area (Å²) in [7, 11) is 0. The molecule has 0 bridgehead atoms. The Morgan fingerprint density at radius 2 is 2.00 bits per heavy atom. The smallest absolute Gasteiger partial charge is 0.128 e. The highest BCUT2D eigenvalue weighted by atomic mass is 16.5. The Labute approximate surface area is 104 Å². The summed E-state index contributed by atoms with van der Waals surface area (Å²) < 4.78 is 6.16. The van der Waals surface area contributed by atoms with Gasteiger partial charge in [-0.15, -0.1) is 0 Å². The fraction of sp³-hybridized carbons (Fsp3) is 0.733. The average Bonchev–Trinajstić information content (AvgIpc) is 2.13. The van der Waals surface area contributed by atoms with E-state index in [1.54, 1.807) is 6.92 Å². The maximum absolute atomic E-state index is 9.45. The van der Waals surface area contributed by atoms with Crippen LogP contribution in [-0.4, -0.2) is 16.8 Å². The Bertz CT molecular complexity index is 363. The van der Waals surface area contributed by atoms with Gasteiger partial charge < -0.3 is 9.84 Å². The van der Waals surface area contributed by atoms with Gasteiger partial charge in [0.05, 0.1) is 11.9 Å². The molecule has 0 amide bonds. The summed E-state index contributed by atoms with van der Waals surface area (Å²) in [4.78, 5) is 0. The van der Waals surface area contributed by atoms with Crippen molar-refractivity contribution in [2.45, 2.75) is 65.1 Å². The van der Waals surface area contributed by atoms with Crippen LogP contribution >= 0.6 is 0 Å². The molecule has 1 saturated carbocycles. The van der Waals surface area contributed by atoms with E-state index in [9.17, 15) is 5.11 Å². The summed E-state index contributed by atoms with van der Waals surface area (Å²) in [6, 6.07) is 0. The lowest BCUT2D eigenvalue weighted by molar-refractivity contribution is -0.00931. The molecule has 1 aliphatic carbocycles. The van der Waals surface area contributed by atoms with E-state index in [2.05, 4.69) is 26.8 Å². The van der Waals surface area contributed by atoms with Gasteiger partial charge in [-0.1, -0.05) is 19.9 Å². The number of ether oxygens (including phenoxy) is 1. The van der Waals surface area contributed by atoms with Crippen LogP contribution in [0.4, 0.5) is 0 Å². The molecule has 1 heterocycles. The second-order valence-electron chi connectivity index (χ2n) is 6.34. The monoisotopic (exact) mass is 236 g/mol. The Morgan fingerprint density at radius 3 is 2.65 bits per heavy atom. The van der Waals surface area contributed by atoms with Crippen molar-refractivity contribution in [1.82, 2.24) is 0 Å². The highest BCUT2D eigenvalue weighted by Crippen LogP contribution is 2.49. The van der Waals surface area contributed by atoms with E-state index < -0.39 is 0 Å². The Balaban J connectivity index is 2.28. The summed E-state index contributed by atoms with van der Waals surface area (Å²) >= 11 is 0. The number of aliphatic hydroxyl groups excluding tert-OH is 1. The zero-order valence-electron chi connectivity index (χ0n) is 11.4. The van der Waals surface area contributed by atoms with E-state index in [0.717, 1.165) is 12.2 Å². The highest BCUT2D eigenvalue weighted by molar-refractivity contribution is 5.34. The fourth-order valence-corrected chi connectivity index (χ4v) is 3.26. The molecule has 0 aromatic heterocycles. The van der Waals surface area contributed by atoms with Crippen LogP contribution in [0, 0.1) is 5.41 Å². The van der Waals surface area contributed by atoms with E-state index in [0.29, 0.717) is 6.42 Å². The second-order valence-corrected chi connectivity index (χ2v) is 6.34. The predicted octanol–water partition coefficient (Wildman–Crippen LogP) is 3.57. The lowest BCUT2D eigenvalue weighted by Crippen LogP contribution is -2.43. The predicted molar refractivity (Wildman–Crippen MR) is 69.6 cm³/mol. The van der Waals surface area contributed by atoms with Crippen molar-refractivity contribution < 1.29 is 9.84 Å². The van der Waals surface area contributed by atoms with Gasteiger partial charge in [-0.3, -0.25) is 0 Å². The van der Waals surface area contributed by atoms with E-state index in [1.807, 2.05) is 6.08 Å². The Hall–Kier alpha value is -0.760. The van der Waals surface area contributed by atoms with Gasteiger partial charge in [0.25, 0.3) is 0 Å². The third-order valence-electron chi connectivity index (χ3n) is 4.04. The normalized spacial score (nSPS) is 33.0. The molecule has 96 valence electrons. The zero-order chi connectivity index (χ0) is 12.7. The molecule has 1 unspecified atom stereocenters. The molecule has 17 heavy (non-hydrogen) atoms. The number of fused-ring (bicyclic) bond motifs is 1. The number of aliphatic hydroxyl groups is 1. The van der Waals surface area contributed by atoms with Crippen molar-refractivity contribution in [2.75, 3.05) is 0 Å². The number of hydrogen-bond donors (Lipinski definition) is 1. The van der Waals surface area contributed by atoms with Gasteiger partial charge >= 0.3 is 0 Å². The second kappa shape index (κ2) is 4.16. The van der Waals surface area contributed by atoms with Gasteiger partial charge in [-0.25, -0.2) is 0 Å². The molecule has 2 rings (SSSR count). The fourth-order valence-electron chi connectivity index (χ4n) is 3.26. The van der Waals surface area contributed by atoms with Gasteiger partial charge in [0.2, 0.25) is 0 Å². The lowest BCUT2D eigenvalue weighted by atomic mass is 9.65. The first-order chi connectivity index (χ1) is 7.83. The molecular weight excluding hydrogens is 212 g/mol. The van der Waals surface area contributed by atoms with Crippen LogP contribution in [0.15, 0.2) is 23.5 Å². The molecule has 0 aromatic carbocycles. The molecule has 0 radical (unpaired) electrons. The SMILES string of the molecule is CC(O)CC1=CC=C2C(C)(C)CCC[C@]2(C)O1. The largest absolute Gasteiger partial charge is 0.487 e. The van der Waals surface area contributed by atoms with Crippen LogP contribution in [0.25, 0.3) is 0 Å². The average molecular weight is 236 g/mol.